The molecule has 0 radical (unpaired) electrons. The van der Waals surface area contributed by atoms with Gasteiger partial charge in [0.25, 0.3) is 0 Å². The molecule has 7 heteroatoms. The second-order valence-corrected chi connectivity index (χ2v) is 6.30. The minimum atomic E-state index is -0.526. The molecule has 4 atom stereocenters. The van der Waals surface area contributed by atoms with E-state index in [1.165, 1.54) is 7.11 Å². The van der Waals surface area contributed by atoms with E-state index in [0.29, 0.717) is 13.2 Å². The van der Waals surface area contributed by atoms with Gasteiger partial charge >= 0.3 is 0 Å². The van der Waals surface area contributed by atoms with Crippen LogP contribution in [0.15, 0.2) is 0 Å². The fraction of sp³-hybridized carbons (Fsp3) is 0.867. The number of ether oxygens (including phenoxy) is 2. The zero-order valence-corrected chi connectivity index (χ0v) is 14.4. The van der Waals surface area contributed by atoms with Crippen LogP contribution in [-0.4, -0.2) is 75.4 Å². The SMILES string of the molecule is CO[C@@H](C)C(=O)N[C@@H]1COC[C@@H]1NC(=O)[C@@H](C(C)C)N(C)C. The molecule has 1 aliphatic heterocycles. The van der Waals surface area contributed by atoms with Crippen LogP contribution in [0.4, 0.5) is 0 Å². The number of rotatable bonds is 7. The summed E-state index contributed by atoms with van der Waals surface area (Å²) in [5, 5.41) is 5.86. The summed E-state index contributed by atoms with van der Waals surface area (Å²) in [5.41, 5.74) is 0. The van der Waals surface area contributed by atoms with E-state index in [1.807, 2.05) is 32.8 Å². The van der Waals surface area contributed by atoms with E-state index in [9.17, 15) is 9.59 Å². The van der Waals surface area contributed by atoms with Crippen LogP contribution >= 0.6 is 0 Å². The first kappa shape index (κ1) is 18.9. The topological polar surface area (TPSA) is 79.9 Å². The van der Waals surface area contributed by atoms with Crippen molar-refractivity contribution in [2.24, 2.45) is 5.92 Å². The van der Waals surface area contributed by atoms with Crippen molar-refractivity contribution in [3.63, 3.8) is 0 Å². The van der Waals surface area contributed by atoms with E-state index in [4.69, 9.17) is 9.47 Å². The Labute approximate surface area is 132 Å². The van der Waals surface area contributed by atoms with Gasteiger partial charge in [0.2, 0.25) is 11.8 Å². The largest absolute Gasteiger partial charge is 0.377 e. The molecule has 0 aliphatic carbocycles. The predicted molar refractivity (Wildman–Crippen MR) is 83.5 cm³/mol. The van der Waals surface area contributed by atoms with Gasteiger partial charge in [-0.2, -0.15) is 0 Å². The number of likely N-dealkylation sites (N-methyl/N-ethyl adjacent to an activating group) is 1. The maximum Gasteiger partial charge on any atom is 0.249 e. The first-order chi connectivity index (χ1) is 10.3. The molecule has 2 N–H and O–H groups in total. The van der Waals surface area contributed by atoms with E-state index in [-0.39, 0.29) is 35.9 Å². The van der Waals surface area contributed by atoms with E-state index < -0.39 is 6.10 Å². The van der Waals surface area contributed by atoms with Crippen LogP contribution in [0.1, 0.15) is 20.8 Å². The summed E-state index contributed by atoms with van der Waals surface area (Å²) in [5.74, 6) is -0.0568. The molecule has 0 aromatic rings. The van der Waals surface area contributed by atoms with Crippen molar-refractivity contribution in [2.75, 3.05) is 34.4 Å². The number of carbonyl (C=O) groups excluding carboxylic acids is 2. The summed E-state index contributed by atoms with van der Waals surface area (Å²) in [6.45, 7) is 6.49. The van der Waals surface area contributed by atoms with E-state index in [1.54, 1.807) is 6.92 Å². The normalized spacial score (nSPS) is 24.4. The Balaban J connectivity index is 2.63. The fourth-order valence-electron chi connectivity index (χ4n) is 2.65. The zero-order chi connectivity index (χ0) is 16.9. The van der Waals surface area contributed by atoms with Gasteiger partial charge in [-0.1, -0.05) is 13.8 Å². The molecule has 1 rings (SSSR count). The van der Waals surface area contributed by atoms with Crippen LogP contribution in [0, 0.1) is 5.92 Å². The lowest BCUT2D eigenvalue weighted by molar-refractivity contribution is -0.132. The molecule has 1 heterocycles. The van der Waals surface area contributed by atoms with Crippen molar-refractivity contribution in [3.05, 3.63) is 0 Å². The predicted octanol–water partition coefficient (Wildman–Crippen LogP) is -0.393. The van der Waals surface area contributed by atoms with Gasteiger partial charge in [0.05, 0.1) is 31.3 Å². The highest BCUT2D eigenvalue weighted by atomic mass is 16.5. The number of hydrogen-bond donors (Lipinski definition) is 2. The number of carbonyl (C=O) groups is 2. The molecule has 0 aromatic heterocycles. The Morgan fingerprint density at radius 1 is 1.09 bits per heavy atom. The Bertz CT molecular complexity index is 379. The second kappa shape index (κ2) is 8.45. The number of nitrogens with zero attached hydrogens (tertiary/aromatic N) is 1. The summed E-state index contributed by atoms with van der Waals surface area (Å²) in [6, 6.07) is -0.666. The van der Waals surface area contributed by atoms with Gasteiger partial charge < -0.3 is 20.1 Å². The third kappa shape index (κ3) is 4.93. The number of nitrogens with one attached hydrogen (secondary N) is 2. The first-order valence-corrected chi connectivity index (χ1v) is 7.65. The molecule has 7 nitrogen and oxygen atoms in total. The van der Waals surface area contributed by atoms with Gasteiger partial charge in [0.1, 0.15) is 6.10 Å². The van der Waals surface area contributed by atoms with Crippen LogP contribution in [0.3, 0.4) is 0 Å². The van der Waals surface area contributed by atoms with E-state index in [2.05, 4.69) is 10.6 Å². The molecule has 0 bridgehead atoms. The third-order valence-electron chi connectivity index (χ3n) is 3.92. The van der Waals surface area contributed by atoms with E-state index in [0.717, 1.165) is 0 Å². The maximum absolute atomic E-state index is 12.5. The highest BCUT2D eigenvalue weighted by molar-refractivity contribution is 5.83. The lowest BCUT2D eigenvalue weighted by atomic mass is 10.0. The van der Waals surface area contributed by atoms with Crippen LogP contribution in [0.2, 0.25) is 0 Å². The molecule has 2 amide bonds. The van der Waals surface area contributed by atoms with Gasteiger partial charge in [-0.05, 0) is 26.9 Å². The molecule has 0 spiro atoms. The van der Waals surface area contributed by atoms with Gasteiger partial charge in [-0.15, -0.1) is 0 Å². The van der Waals surface area contributed by atoms with Crippen molar-refractivity contribution in [1.82, 2.24) is 15.5 Å². The van der Waals surface area contributed by atoms with Crippen molar-refractivity contribution in [3.8, 4) is 0 Å². The third-order valence-corrected chi connectivity index (χ3v) is 3.92. The van der Waals surface area contributed by atoms with Crippen LogP contribution in [0.25, 0.3) is 0 Å². The highest BCUT2D eigenvalue weighted by Gasteiger charge is 2.34. The molecule has 0 unspecified atom stereocenters. The number of amides is 2. The summed E-state index contributed by atoms with van der Waals surface area (Å²) >= 11 is 0. The molecule has 1 saturated heterocycles. The van der Waals surface area contributed by atoms with Crippen molar-refractivity contribution in [1.29, 1.82) is 0 Å². The lowest BCUT2D eigenvalue weighted by Crippen LogP contribution is -2.56. The average molecular weight is 315 g/mol. The maximum atomic E-state index is 12.5. The fourth-order valence-corrected chi connectivity index (χ4v) is 2.65. The molecule has 128 valence electrons. The zero-order valence-electron chi connectivity index (χ0n) is 14.4. The van der Waals surface area contributed by atoms with E-state index >= 15 is 0 Å². The average Bonchev–Trinajstić information content (AvgIpc) is 2.83. The summed E-state index contributed by atoms with van der Waals surface area (Å²) in [6.07, 6.45) is -0.526. The summed E-state index contributed by atoms with van der Waals surface area (Å²) < 4.78 is 10.4. The Morgan fingerprint density at radius 3 is 2.00 bits per heavy atom. The number of hydrogen-bond acceptors (Lipinski definition) is 5. The molecule has 0 aromatic carbocycles. The van der Waals surface area contributed by atoms with Crippen LogP contribution in [0.5, 0.6) is 0 Å². The first-order valence-electron chi connectivity index (χ1n) is 7.65. The molecular formula is C15H29N3O4. The molecule has 1 aliphatic rings. The molecular weight excluding hydrogens is 286 g/mol. The lowest BCUT2D eigenvalue weighted by Gasteiger charge is -2.29. The Hall–Kier alpha value is -1.18. The van der Waals surface area contributed by atoms with Gasteiger partial charge in [-0.25, -0.2) is 0 Å². The van der Waals surface area contributed by atoms with Crippen molar-refractivity contribution in [2.45, 2.75) is 45.0 Å². The minimum Gasteiger partial charge on any atom is -0.377 e. The smallest absolute Gasteiger partial charge is 0.249 e. The summed E-state index contributed by atoms with van der Waals surface area (Å²) in [7, 11) is 5.25. The Morgan fingerprint density at radius 2 is 1.59 bits per heavy atom. The standard InChI is InChI=1S/C15H29N3O4/c1-9(2)13(18(4)5)15(20)17-12-8-22-7-11(12)16-14(19)10(3)21-6/h9-13H,7-8H2,1-6H3,(H,16,19)(H,17,20)/t10-,11+,12-,13+/m0/s1. The summed E-state index contributed by atoms with van der Waals surface area (Å²) in [4.78, 5) is 26.3. The van der Waals surface area contributed by atoms with Crippen LogP contribution < -0.4 is 10.6 Å². The monoisotopic (exact) mass is 315 g/mol. The van der Waals surface area contributed by atoms with Gasteiger partial charge in [-0.3, -0.25) is 14.5 Å². The minimum absolute atomic E-state index is 0.0467. The van der Waals surface area contributed by atoms with Crippen molar-refractivity contribution >= 4 is 11.8 Å². The Kier molecular flexibility index (Phi) is 7.25. The van der Waals surface area contributed by atoms with Gasteiger partial charge in [0.15, 0.2) is 0 Å². The quantitative estimate of drug-likeness (QED) is 0.669. The second-order valence-electron chi connectivity index (χ2n) is 6.30. The number of methoxy groups -OCH3 is 1. The molecule has 0 saturated carbocycles. The van der Waals surface area contributed by atoms with Gasteiger partial charge in [0, 0.05) is 7.11 Å². The molecule has 1 fully saturated rings. The molecule has 22 heavy (non-hydrogen) atoms. The van der Waals surface area contributed by atoms with Crippen LogP contribution in [-0.2, 0) is 19.1 Å². The van der Waals surface area contributed by atoms with Crippen molar-refractivity contribution < 1.29 is 19.1 Å². The highest BCUT2D eigenvalue weighted by Crippen LogP contribution is 2.11.